The molecule has 2 heterocycles. The Morgan fingerprint density at radius 1 is 0.604 bits per heavy atom. The zero-order chi connectivity index (χ0) is 33.2. The normalized spacial score (nSPS) is 20.2. The van der Waals surface area contributed by atoms with Crippen LogP contribution in [0.4, 0.5) is 28.4 Å². The largest absolute Gasteiger partial charge is 0.310 e. The molecule has 9 rings (SSSR count). The Hall–Kier alpha value is -4.56. The Balaban J connectivity index is 1.24. The number of hydrogen-bond donors (Lipinski definition) is 0. The fraction of sp³-hybridized carbons (Fsp3) is 0.304. The van der Waals surface area contributed by atoms with Crippen molar-refractivity contribution in [1.29, 1.82) is 0 Å². The first-order valence-corrected chi connectivity index (χ1v) is 17.9. The van der Waals surface area contributed by atoms with E-state index in [4.69, 9.17) is 0 Å². The fourth-order valence-corrected chi connectivity index (χ4v) is 9.59. The van der Waals surface area contributed by atoms with Crippen molar-refractivity contribution in [3.63, 3.8) is 0 Å². The van der Waals surface area contributed by atoms with E-state index in [-0.39, 0.29) is 16.2 Å². The van der Waals surface area contributed by atoms with Crippen LogP contribution in [0.25, 0.3) is 5.57 Å². The molecule has 4 aromatic carbocycles. The number of benzene rings is 4. The second kappa shape index (κ2) is 9.98. The Morgan fingerprint density at radius 2 is 1.25 bits per heavy atom. The highest BCUT2D eigenvalue weighted by atomic mass is 15.2. The summed E-state index contributed by atoms with van der Waals surface area (Å²) in [5, 5.41) is 0. The van der Waals surface area contributed by atoms with Crippen LogP contribution in [0.5, 0.6) is 0 Å². The van der Waals surface area contributed by atoms with Crippen molar-refractivity contribution < 1.29 is 0 Å². The molecule has 0 bridgehead atoms. The zero-order valence-electron chi connectivity index (χ0n) is 29.5. The van der Waals surface area contributed by atoms with Crippen LogP contribution in [0, 0.1) is 6.92 Å². The number of para-hydroxylation sites is 1. The highest BCUT2D eigenvalue weighted by Crippen LogP contribution is 2.60. The molecule has 0 saturated carbocycles. The lowest BCUT2D eigenvalue weighted by Crippen LogP contribution is -2.40. The lowest BCUT2D eigenvalue weighted by atomic mass is 9.65. The predicted octanol–water partition coefficient (Wildman–Crippen LogP) is 12.5. The third kappa shape index (κ3) is 3.92. The van der Waals surface area contributed by atoms with Gasteiger partial charge in [0, 0.05) is 39.0 Å². The summed E-state index contributed by atoms with van der Waals surface area (Å²) in [5.41, 5.74) is 20.4. The molecule has 240 valence electrons. The first-order chi connectivity index (χ1) is 23.0. The predicted molar refractivity (Wildman–Crippen MR) is 203 cm³/mol. The molecule has 0 radical (unpaired) electrons. The molecule has 0 amide bonds. The molecule has 5 aliphatic rings. The minimum absolute atomic E-state index is 0.00289. The highest BCUT2D eigenvalue weighted by molar-refractivity contribution is 5.91. The van der Waals surface area contributed by atoms with Crippen LogP contribution in [0.3, 0.4) is 0 Å². The van der Waals surface area contributed by atoms with Crippen LogP contribution in [-0.4, -0.2) is 0 Å². The zero-order valence-corrected chi connectivity index (χ0v) is 29.5. The van der Waals surface area contributed by atoms with Gasteiger partial charge in [-0.25, -0.2) is 0 Å². The molecule has 0 aromatic heterocycles. The van der Waals surface area contributed by atoms with Gasteiger partial charge in [-0.2, -0.15) is 0 Å². The van der Waals surface area contributed by atoms with Crippen molar-refractivity contribution in [1.82, 2.24) is 0 Å². The summed E-state index contributed by atoms with van der Waals surface area (Å²) < 4.78 is 0. The minimum atomic E-state index is -0.173. The van der Waals surface area contributed by atoms with Crippen molar-refractivity contribution in [2.75, 3.05) is 9.80 Å². The molecule has 2 heteroatoms. The summed E-state index contributed by atoms with van der Waals surface area (Å²) in [6, 6.07) is 30.6. The number of anilines is 5. The second-order valence-electron chi connectivity index (χ2n) is 16.2. The summed E-state index contributed by atoms with van der Waals surface area (Å²) in [6.07, 6.45) is 14.0. The Bertz CT molecular complexity index is 2160. The molecule has 0 unspecified atom stereocenters. The topological polar surface area (TPSA) is 6.48 Å². The number of rotatable bonds is 3. The monoisotopic (exact) mass is 626 g/mol. The molecule has 2 aliphatic heterocycles. The van der Waals surface area contributed by atoms with Gasteiger partial charge < -0.3 is 9.80 Å². The Kier molecular flexibility index (Phi) is 6.15. The smallest absolute Gasteiger partial charge is 0.0543 e. The van der Waals surface area contributed by atoms with Gasteiger partial charge in [0.05, 0.1) is 11.4 Å². The van der Waals surface area contributed by atoms with E-state index in [2.05, 4.69) is 161 Å². The third-order valence-corrected chi connectivity index (χ3v) is 12.3. The SMILES string of the molecule is Cc1ccc(N(c2ccc3c(c2)C(C)(C)C2=C3CCC=C2)c2ccc3c(c2)C(C)(C)c2cccc4c2N3C2=C(CCC=C2)C4(C)C)cc1. The molecule has 2 nitrogen and oxygen atoms in total. The van der Waals surface area contributed by atoms with E-state index in [9.17, 15) is 0 Å². The quantitative estimate of drug-likeness (QED) is 0.223. The molecular formula is C46H46N2. The third-order valence-electron chi connectivity index (χ3n) is 12.3. The Labute approximate surface area is 286 Å². The summed E-state index contributed by atoms with van der Waals surface area (Å²) in [7, 11) is 0. The van der Waals surface area contributed by atoms with Crippen LogP contribution < -0.4 is 9.80 Å². The highest BCUT2D eigenvalue weighted by Gasteiger charge is 2.46. The van der Waals surface area contributed by atoms with Crippen molar-refractivity contribution in [2.24, 2.45) is 0 Å². The fourth-order valence-electron chi connectivity index (χ4n) is 9.59. The van der Waals surface area contributed by atoms with E-state index >= 15 is 0 Å². The molecule has 0 atom stereocenters. The van der Waals surface area contributed by atoms with Crippen LogP contribution in [-0.2, 0) is 16.2 Å². The molecule has 0 N–H and O–H groups in total. The number of fused-ring (bicyclic) bond motifs is 5. The van der Waals surface area contributed by atoms with Gasteiger partial charge in [-0.15, -0.1) is 0 Å². The van der Waals surface area contributed by atoms with Gasteiger partial charge >= 0.3 is 0 Å². The van der Waals surface area contributed by atoms with Gasteiger partial charge in [0.1, 0.15) is 0 Å². The van der Waals surface area contributed by atoms with Crippen molar-refractivity contribution in [3.8, 4) is 0 Å². The summed E-state index contributed by atoms with van der Waals surface area (Å²) >= 11 is 0. The van der Waals surface area contributed by atoms with Gasteiger partial charge in [-0.1, -0.05) is 102 Å². The van der Waals surface area contributed by atoms with E-state index in [0.717, 1.165) is 25.7 Å². The van der Waals surface area contributed by atoms with Crippen molar-refractivity contribution >= 4 is 34.0 Å². The van der Waals surface area contributed by atoms with E-state index in [1.165, 1.54) is 78.7 Å². The number of nitrogens with zero attached hydrogens (tertiary/aromatic N) is 2. The number of aryl methyl sites for hydroxylation is 1. The van der Waals surface area contributed by atoms with Gasteiger partial charge in [0.15, 0.2) is 0 Å². The molecule has 48 heavy (non-hydrogen) atoms. The van der Waals surface area contributed by atoms with Crippen LogP contribution in [0.2, 0.25) is 0 Å². The maximum atomic E-state index is 2.60. The van der Waals surface area contributed by atoms with E-state index in [1.54, 1.807) is 5.57 Å². The van der Waals surface area contributed by atoms with Crippen molar-refractivity contribution in [2.45, 2.75) is 90.4 Å². The van der Waals surface area contributed by atoms with Crippen LogP contribution in [0.15, 0.2) is 120 Å². The Morgan fingerprint density at radius 3 is 2.02 bits per heavy atom. The van der Waals surface area contributed by atoms with E-state index in [0.29, 0.717) is 0 Å². The molecule has 4 aromatic rings. The molecule has 0 saturated heterocycles. The van der Waals surface area contributed by atoms with Crippen molar-refractivity contribution in [3.05, 3.63) is 153 Å². The standard InChI is InChI=1S/C46H46N2/c1-29-19-21-30(22-20-29)47(31-23-25-34-33-13-8-9-14-35(33)44(2,3)39(34)27-31)32-24-26-42-40(28-32)46(6,7)38-17-12-16-37-43(38)48(42)41-18-11-10-15-36(41)45(37,4)5/h9,11-12,14,16-28H,8,10,13,15H2,1-7H3. The van der Waals surface area contributed by atoms with Crippen LogP contribution >= 0.6 is 0 Å². The number of allylic oxidation sites excluding steroid dienone is 7. The summed E-state index contributed by atoms with van der Waals surface area (Å²) in [4.78, 5) is 5.08. The summed E-state index contributed by atoms with van der Waals surface area (Å²) in [5.74, 6) is 0. The second-order valence-corrected chi connectivity index (χ2v) is 16.2. The molecule has 3 aliphatic carbocycles. The number of hydrogen-bond acceptors (Lipinski definition) is 2. The minimum Gasteiger partial charge on any atom is -0.310 e. The van der Waals surface area contributed by atoms with E-state index in [1.807, 2.05) is 0 Å². The first-order valence-electron chi connectivity index (χ1n) is 17.9. The molecule has 0 fully saturated rings. The average molecular weight is 627 g/mol. The molecule has 0 spiro atoms. The summed E-state index contributed by atoms with van der Waals surface area (Å²) in [6.45, 7) is 16.7. The maximum absolute atomic E-state index is 2.60. The lowest BCUT2D eigenvalue weighted by Gasteiger charge is -2.50. The maximum Gasteiger partial charge on any atom is 0.0543 e. The van der Waals surface area contributed by atoms with Gasteiger partial charge in [0.2, 0.25) is 0 Å². The van der Waals surface area contributed by atoms with E-state index < -0.39 is 0 Å². The van der Waals surface area contributed by atoms with Gasteiger partial charge in [-0.3, -0.25) is 0 Å². The lowest BCUT2D eigenvalue weighted by molar-refractivity contribution is 0.555. The average Bonchev–Trinajstić information content (AvgIpc) is 3.31. The first kappa shape index (κ1) is 29.6. The van der Waals surface area contributed by atoms with Gasteiger partial charge in [0.25, 0.3) is 0 Å². The van der Waals surface area contributed by atoms with Gasteiger partial charge in [-0.05, 0) is 126 Å². The molecular weight excluding hydrogens is 581 g/mol. The van der Waals surface area contributed by atoms with Crippen LogP contribution in [0.1, 0.15) is 101 Å².